The van der Waals surface area contributed by atoms with Crippen LogP contribution in [-0.4, -0.2) is 17.1 Å². The van der Waals surface area contributed by atoms with E-state index >= 15 is 0 Å². The first-order chi connectivity index (χ1) is 6.97. The van der Waals surface area contributed by atoms with Crippen molar-refractivity contribution in [2.24, 2.45) is 0 Å². The van der Waals surface area contributed by atoms with Crippen molar-refractivity contribution in [1.82, 2.24) is 9.97 Å². The van der Waals surface area contributed by atoms with Gasteiger partial charge in [0.15, 0.2) is 0 Å². The SMILES string of the molecule is COC(C)c1nc(=S)c(Br)c(C(C)C)[nH]1. The summed E-state index contributed by atoms with van der Waals surface area (Å²) in [6.45, 7) is 6.14. The van der Waals surface area contributed by atoms with Gasteiger partial charge in [-0.05, 0) is 28.8 Å². The number of hydrogen-bond acceptors (Lipinski definition) is 3. The van der Waals surface area contributed by atoms with Crippen molar-refractivity contribution in [2.75, 3.05) is 7.11 Å². The van der Waals surface area contributed by atoms with E-state index in [1.165, 1.54) is 0 Å². The van der Waals surface area contributed by atoms with E-state index < -0.39 is 0 Å². The third kappa shape index (κ3) is 2.86. The molecule has 0 amide bonds. The van der Waals surface area contributed by atoms with Gasteiger partial charge in [0, 0.05) is 12.8 Å². The van der Waals surface area contributed by atoms with Gasteiger partial charge in [0.25, 0.3) is 0 Å². The Labute approximate surface area is 103 Å². The summed E-state index contributed by atoms with van der Waals surface area (Å²) in [5.74, 6) is 1.14. The average molecular weight is 291 g/mol. The molecule has 0 spiro atoms. The van der Waals surface area contributed by atoms with Crippen LogP contribution in [0.15, 0.2) is 4.47 Å². The minimum atomic E-state index is -0.0719. The number of hydrogen-bond donors (Lipinski definition) is 1. The van der Waals surface area contributed by atoms with Gasteiger partial charge in [0.05, 0.1) is 4.47 Å². The summed E-state index contributed by atoms with van der Waals surface area (Å²) in [5, 5.41) is 0. The quantitative estimate of drug-likeness (QED) is 0.862. The average Bonchev–Trinajstić information content (AvgIpc) is 2.20. The summed E-state index contributed by atoms with van der Waals surface area (Å²) in [7, 11) is 1.65. The van der Waals surface area contributed by atoms with Crippen LogP contribution in [0.4, 0.5) is 0 Å². The molecule has 1 N–H and O–H groups in total. The van der Waals surface area contributed by atoms with Crippen LogP contribution in [0.1, 0.15) is 44.3 Å². The first kappa shape index (κ1) is 12.8. The second-order valence-electron chi connectivity index (χ2n) is 3.69. The van der Waals surface area contributed by atoms with Crippen LogP contribution in [0.3, 0.4) is 0 Å². The van der Waals surface area contributed by atoms with Crippen LogP contribution >= 0.6 is 28.1 Å². The zero-order chi connectivity index (χ0) is 11.6. The summed E-state index contributed by atoms with van der Waals surface area (Å²) in [4.78, 5) is 7.53. The number of H-pyrrole nitrogens is 1. The van der Waals surface area contributed by atoms with E-state index in [2.05, 4.69) is 39.7 Å². The van der Waals surface area contributed by atoms with Crippen molar-refractivity contribution >= 4 is 28.1 Å². The highest BCUT2D eigenvalue weighted by Gasteiger charge is 2.13. The molecule has 0 aliphatic heterocycles. The molecular weight excluding hydrogens is 276 g/mol. The van der Waals surface area contributed by atoms with Crippen LogP contribution in [-0.2, 0) is 4.74 Å². The van der Waals surface area contributed by atoms with Crippen LogP contribution in [0, 0.1) is 4.64 Å². The fraction of sp³-hybridized carbons (Fsp3) is 0.600. The van der Waals surface area contributed by atoms with Crippen LogP contribution in [0.2, 0.25) is 0 Å². The molecule has 1 aromatic rings. The lowest BCUT2D eigenvalue weighted by Gasteiger charge is -2.14. The maximum atomic E-state index is 5.21. The summed E-state index contributed by atoms with van der Waals surface area (Å²) < 4.78 is 6.67. The van der Waals surface area contributed by atoms with E-state index in [-0.39, 0.29) is 6.10 Å². The van der Waals surface area contributed by atoms with Gasteiger partial charge in [-0.25, -0.2) is 4.98 Å². The monoisotopic (exact) mass is 290 g/mol. The lowest BCUT2D eigenvalue weighted by molar-refractivity contribution is 0.111. The number of halogens is 1. The Bertz CT molecular complexity index is 403. The predicted molar refractivity (Wildman–Crippen MR) is 66.6 cm³/mol. The second kappa shape index (κ2) is 5.18. The molecule has 0 bridgehead atoms. The van der Waals surface area contributed by atoms with Gasteiger partial charge >= 0.3 is 0 Å². The smallest absolute Gasteiger partial charge is 0.144 e. The topological polar surface area (TPSA) is 37.9 Å². The number of nitrogens with one attached hydrogen (secondary N) is 1. The highest BCUT2D eigenvalue weighted by Crippen LogP contribution is 2.25. The Hall–Kier alpha value is -0.260. The zero-order valence-corrected chi connectivity index (χ0v) is 11.7. The molecule has 0 radical (unpaired) electrons. The first-order valence-electron chi connectivity index (χ1n) is 4.79. The molecule has 15 heavy (non-hydrogen) atoms. The Balaban J connectivity index is 3.29. The number of methoxy groups -OCH3 is 1. The normalized spacial score (nSPS) is 13.2. The largest absolute Gasteiger partial charge is 0.374 e. The molecule has 1 aromatic heterocycles. The minimum Gasteiger partial charge on any atom is -0.374 e. The van der Waals surface area contributed by atoms with Crippen LogP contribution in [0.25, 0.3) is 0 Å². The van der Waals surface area contributed by atoms with Crippen molar-refractivity contribution < 1.29 is 4.74 Å². The molecule has 84 valence electrons. The van der Waals surface area contributed by atoms with Gasteiger partial charge in [-0.2, -0.15) is 0 Å². The molecular formula is C10H15BrN2OS. The first-order valence-corrected chi connectivity index (χ1v) is 5.99. The maximum Gasteiger partial charge on any atom is 0.144 e. The third-order valence-corrected chi connectivity index (χ3v) is 3.59. The van der Waals surface area contributed by atoms with E-state index in [0.29, 0.717) is 10.6 Å². The lowest BCUT2D eigenvalue weighted by atomic mass is 10.1. The summed E-state index contributed by atoms with van der Waals surface area (Å²) in [6.07, 6.45) is -0.0719. The van der Waals surface area contributed by atoms with Gasteiger partial charge in [-0.15, -0.1) is 0 Å². The van der Waals surface area contributed by atoms with Crippen molar-refractivity contribution in [3.05, 3.63) is 20.6 Å². The van der Waals surface area contributed by atoms with Gasteiger partial charge in [-0.3, -0.25) is 0 Å². The Morgan fingerprint density at radius 1 is 1.40 bits per heavy atom. The molecule has 1 atom stereocenters. The van der Waals surface area contributed by atoms with E-state index in [4.69, 9.17) is 17.0 Å². The highest BCUT2D eigenvalue weighted by atomic mass is 79.9. The van der Waals surface area contributed by atoms with Crippen LogP contribution in [0.5, 0.6) is 0 Å². The van der Waals surface area contributed by atoms with E-state index in [0.717, 1.165) is 16.0 Å². The summed E-state index contributed by atoms with van der Waals surface area (Å²) >= 11 is 8.63. The zero-order valence-electron chi connectivity index (χ0n) is 9.30. The van der Waals surface area contributed by atoms with Crippen molar-refractivity contribution in [2.45, 2.75) is 32.8 Å². The second-order valence-corrected chi connectivity index (χ2v) is 4.87. The van der Waals surface area contributed by atoms with Gasteiger partial charge in [-0.1, -0.05) is 26.1 Å². The van der Waals surface area contributed by atoms with Crippen LogP contribution < -0.4 is 0 Å². The van der Waals surface area contributed by atoms with Crippen molar-refractivity contribution in [3.8, 4) is 0 Å². The fourth-order valence-corrected chi connectivity index (χ4v) is 2.05. The fourth-order valence-electron chi connectivity index (χ4n) is 1.20. The number of nitrogens with zero attached hydrogens (tertiary/aromatic N) is 1. The van der Waals surface area contributed by atoms with Crippen molar-refractivity contribution in [1.29, 1.82) is 0 Å². The molecule has 3 nitrogen and oxygen atoms in total. The molecule has 5 heteroatoms. The van der Waals surface area contributed by atoms with Crippen molar-refractivity contribution in [3.63, 3.8) is 0 Å². The number of aromatic amines is 1. The molecule has 0 aliphatic rings. The van der Waals surface area contributed by atoms with E-state index in [9.17, 15) is 0 Å². The standard InChI is InChI=1S/C10H15BrN2OS/c1-5(2)8-7(11)10(15)13-9(12-8)6(3)14-4/h5-6H,1-4H3,(H,12,13,15). The summed E-state index contributed by atoms with van der Waals surface area (Å²) in [6, 6.07) is 0. The lowest BCUT2D eigenvalue weighted by Crippen LogP contribution is -2.07. The minimum absolute atomic E-state index is 0.0719. The van der Waals surface area contributed by atoms with Gasteiger partial charge in [0.2, 0.25) is 0 Å². The van der Waals surface area contributed by atoms with Gasteiger partial charge in [0.1, 0.15) is 16.6 Å². The molecule has 1 unspecified atom stereocenters. The Morgan fingerprint density at radius 2 is 2.00 bits per heavy atom. The molecule has 1 rings (SSSR count). The summed E-state index contributed by atoms with van der Waals surface area (Å²) in [5.41, 5.74) is 1.06. The third-order valence-electron chi connectivity index (χ3n) is 2.22. The Morgan fingerprint density at radius 3 is 2.47 bits per heavy atom. The van der Waals surface area contributed by atoms with Gasteiger partial charge < -0.3 is 9.72 Å². The molecule has 1 heterocycles. The maximum absolute atomic E-state index is 5.21. The Kier molecular flexibility index (Phi) is 4.43. The number of ether oxygens (including phenoxy) is 1. The molecule has 0 aliphatic carbocycles. The predicted octanol–water partition coefficient (Wildman–Crippen LogP) is 3.73. The molecule has 0 aromatic carbocycles. The molecule has 0 saturated carbocycles. The molecule has 0 saturated heterocycles. The highest BCUT2D eigenvalue weighted by molar-refractivity contribution is 9.10. The molecule has 0 fully saturated rings. The number of aromatic nitrogens is 2. The van der Waals surface area contributed by atoms with E-state index in [1.807, 2.05) is 6.92 Å². The number of rotatable bonds is 3. The van der Waals surface area contributed by atoms with E-state index in [1.54, 1.807) is 7.11 Å².